The number of rotatable bonds is 3. The lowest BCUT2D eigenvalue weighted by Crippen LogP contribution is -2.13. The van der Waals surface area contributed by atoms with Gasteiger partial charge < -0.3 is 10.3 Å². The molecule has 2 heterocycles. The largest absolute Gasteiger partial charge is 0.471 e. The zero-order valence-corrected chi connectivity index (χ0v) is 10.2. The van der Waals surface area contributed by atoms with Gasteiger partial charge in [0, 0.05) is 9.75 Å². The number of nitrogens with two attached hydrogens (primary N) is 1. The van der Waals surface area contributed by atoms with Crippen molar-refractivity contribution in [2.45, 2.75) is 25.6 Å². The zero-order chi connectivity index (χ0) is 13.3. The highest BCUT2D eigenvalue weighted by molar-refractivity contribution is 7.12. The molecule has 0 amide bonds. The van der Waals surface area contributed by atoms with E-state index in [2.05, 4.69) is 14.7 Å². The molecule has 0 aliphatic carbocycles. The molecule has 0 aliphatic rings. The Bertz CT molecular complexity index is 534. The smallest absolute Gasteiger partial charge is 0.329 e. The highest BCUT2D eigenvalue weighted by Gasteiger charge is 2.39. The summed E-state index contributed by atoms with van der Waals surface area (Å²) < 4.78 is 41.0. The summed E-state index contributed by atoms with van der Waals surface area (Å²) in [7, 11) is 0. The second-order valence-corrected chi connectivity index (χ2v) is 4.79. The van der Waals surface area contributed by atoms with Gasteiger partial charge in [0.2, 0.25) is 0 Å². The second-order valence-electron chi connectivity index (χ2n) is 3.59. The predicted octanol–water partition coefficient (Wildman–Crippen LogP) is 2.76. The molecule has 98 valence electrons. The fourth-order valence-electron chi connectivity index (χ4n) is 1.36. The number of aromatic nitrogens is 2. The van der Waals surface area contributed by atoms with Gasteiger partial charge in [0.05, 0.1) is 0 Å². The van der Waals surface area contributed by atoms with Crippen molar-refractivity contribution in [1.29, 1.82) is 0 Å². The van der Waals surface area contributed by atoms with Gasteiger partial charge in [-0.05, 0) is 18.6 Å². The third-order valence-electron chi connectivity index (χ3n) is 2.30. The normalized spacial score (nSPS) is 13.8. The number of aryl methyl sites for hydroxylation is 1. The molecule has 8 heteroatoms. The maximum absolute atomic E-state index is 12.3. The van der Waals surface area contributed by atoms with Crippen LogP contribution in [-0.4, -0.2) is 10.1 Å². The van der Waals surface area contributed by atoms with Gasteiger partial charge in [0.15, 0.2) is 5.82 Å². The fraction of sp³-hybridized carbons (Fsp3) is 0.400. The van der Waals surface area contributed by atoms with Crippen LogP contribution in [0.1, 0.15) is 34.4 Å². The lowest BCUT2D eigenvalue weighted by atomic mass is 10.2. The summed E-state index contributed by atoms with van der Waals surface area (Å²) >= 11 is 1.42. The molecule has 1 atom stereocenters. The van der Waals surface area contributed by atoms with Crippen LogP contribution in [-0.2, 0) is 12.6 Å². The number of hydrogen-bond acceptors (Lipinski definition) is 5. The molecule has 0 radical (unpaired) electrons. The minimum atomic E-state index is -4.64. The molecule has 2 aromatic heterocycles. The molecular formula is C10H10F3N3OS. The van der Waals surface area contributed by atoms with Crippen LogP contribution >= 0.6 is 11.3 Å². The summed E-state index contributed by atoms with van der Waals surface area (Å²) in [6.45, 7) is 1.98. The van der Waals surface area contributed by atoms with Gasteiger partial charge in [-0.2, -0.15) is 18.2 Å². The van der Waals surface area contributed by atoms with Gasteiger partial charge in [0.25, 0.3) is 0 Å². The first-order chi connectivity index (χ1) is 8.41. The Hall–Kier alpha value is -1.41. The summed E-state index contributed by atoms with van der Waals surface area (Å²) in [5.41, 5.74) is 5.80. The summed E-state index contributed by atoms with van der Waals surface area (Å²) in [6.07, 6.45) is -3.80. The van der Waals surface area contributed by atoms with E-state index >= 15 is 0 Å². The number of thiophene rings is 1. The first-order valence-corrected chi connectivity index (χ1v) is 5.98. The van der Waals surface area contributed by atoms with E-state index < -0.39 is 18.1 Å². The summed E-state index contributed by atoms with van der Waals surface area (Å²) in [6, 6.07) is 2.85. The van der Waals surface area contributed by atoms with Crippen molar-refractivity contribution in [3.8, 4) is 0 Å². The lowest BCUT2D eigenvalue weighted by Gasteiger charge is -2.02. The number of nitrogens with zero attached hydrogens (tertiary/aromatic N) is 2. The quantitative estimate of drug-likeness (QED) is 0.936. The minimum absolute atomic E-state index is 0.160. The second kappa shape index (κ2) is 4.69. The van der Waals surface area contributed by atoms with E-state index in [-0.39, 0.29) is 5.82 Å². The molecular weight excluding hydrogens is 267 g/mol. The van der Waals surface area contributed by atoms with Gasteiger partial charge in [-0.3, -0.25) is 0 Å². The lowest BCUT2D eigenvalue weighted by molar-refractivity contribution is -0.159. The van der Waals surface area contributed by atoms with Crippen molar-refractivity contribution >= 4 is 11.3 Å². The topological polar surface area (TPSA) is 64.9 Å². The Labute approximate surface area is 105 Å². The van der Waals surface area contributed by atoms with Gasteiger partial charge in [0.1, 0.15) is 6.04 Å². The Morgan fingerprint density at radius 3 is 2.67 bits per heavy atom. The Kier molecular flexibility index (Phi) is 3.40. The highest BCUT2D eigenvalue weighted by atomic mass is 32.1. The van der Waals surface area contributed by atoms with Crippen molar-refractivity contribution in [2.75, 3.05) is 0 Å². The monoisotopic (exact) mass is 277 g/mol. The van der Waals surface area contributed by atoms with Crippen molar-refractivity contribution in [3.63, 3.8) is 0 Å². The van der Waals surface area contributed by atoms with E-state index in [0.29, 0.717) is 4.88 Å². The molecule has 1 unspecified atom stereocenters. The Morgan fingerprint density at radius 1 is 1.44 bits per heavy atom. The average Bonchev–Trinajstić information content (AvgIpc) is 2.96. The molecule has 2 N–H and O–H groups in total. The van der Waals surface area contributed by atoms with Crippen LogP contribution in [0.15, 0.2) is 16.7 Å². The summed E-state index contributed by atoms with van der Waals surface area (Å²) in [5, 5.41) is 3.27. The van der Waals surface area contributed by atoms with Crippen LogP contribution in [0.3, 0.4) is 0 Å². The maximum atomic E-state index is 12.3. The van der Waals surface area contributed by atoms with Crippen LogP contribution in [0.4, 0.5) is 13.2 Å². The first kappa shape index (κ1) is 13.0. The first-order valence-electron chi connectivity index (χ1n) is 5.16. The zero-order valence-electron chi connectivity index (χ0n) is 9.36. The van der Waals surface area contributed by atoms with Crippen LogP contribution in [0.2, 0.25) is 0 Å². The van der Waals surface area contributed by atoms with Gasteiger partial charge >= 0.3 is 12.1 Å². The van der Waals surface area contributed by atoms with E-state index in [0.717, 1.165) is 11.3 Å². The third-order valence-corrected chi connectivity index (χ3v) is 3.61. The minimum Gasteiger partial charge on any atom is -0.329 e. The van der Waals surface area contributed by atoms with E-state index in [1.165, 1.54) is 11.3 Å². The Balaban J connectivity index is 2.23. The van der Waals surface area contributed by atoms with Crippen LogP contribution in [0, 0.1) is 0 Å². The van der Waals surface area contributed by atoms with Crippen molar-refractivity contribution < 1.29 is 17.7 Å². The van der Waals surface area contributed by atoms with E-state index in [1.54, 1.807) is 6.07 Å². The van der Waals surface area contributed by atoms with Gasteiger partial charge in [-0.1, -0.05) is 12.1 Å². The number of hydrogen-bond donors (Lipinski definition) is 1. The highest BCUT2D eigenvalue weighted by Crippen LogP contribution is 2.30. The van der Waals surface area contributed by atoms with Crippen LogP contribution in [0.25, 0.3) is 0 Å². The molecule has 0 aromatic carbocycles. The molecule has 0 saturated heterocycles. The molecule has 18 heavy (non-hydrogen) atoms. The van der Waals surface area contributed by atoms with Gasteiger partial charge in [-0.25, -0.2) is 0 Å². The molecule has 0 aliphatic heterocycles. The molecule has 0 bridgehead atoms. The van der Waals surface area contributed by atoms with Crippen LogP contribution in [0.5, 0.6) is 0 Å². The summed E-state index contributed by atoms with van der Waals surface area (Å²) in [5.74, 6) is -1.54. The molecule has 0 saturated carbocycles. The fourth-order valence-corrected chi connectivity index (χ4v) is 2.31. The van der Waals surface area contributed by atoms with E-state index in [1.807, 2.05) is 13.0 Å². The van der Waals surface area contributed by atoms with Crippen molar-refractivity contribution in [2.24, 2.45) is 5.73 Å². The third kappa shape index (κ3) is 2.54. The van der Waals surface area contributed by atoms with Crippen molar-refractivity contribution in [1.82, 2.24) is 10.1 Å². The molecule has 2 rings (SSSR count). The van der Waals surface area contributed by atoms with Crippen molar-refractivity contribution in [3.05, 3.63) is 33.6 Å². The van der Waals surface area contributed by atoms with E-state index in [9.17, 15) is 13.2 Å². The number of alkyl halides is 3. The van der Waals surface area contributed by atoms with Crippen LogP contribution < -0.4 is 5.73 Å². The predicted molar refractivity (Wildman–Crippen MR) is 59.0 cm³/mol. The van der Waals surface area contributed by atoms with E-state index in [4.69, 9.17) is 5.73 Å². The molecule has 0 spiro atoms. The molecule has 0 fully saturated rings. The Morgan fingerprint density at radius 2 is 2.17 bits per heavy atom. The average molecular weight is 277 g/mol. The molecule has 2 aromatic rings. The van der Waals surface area contributed by atoms with Gasteiger partial charge in [-0.15, -0.1) is 11.3 Å². The molecule has 4 nitrogen and oxygen atoms in total. The maximum Gasteiger partial charge on any atom is 0.471 e. The SMILES string of the molecule is CCc1ccc(C(N)c2noc(C(F)(F)F)n2)s1. The standard InChI is InChI=1S/C10H10F3N3OS/c1-2-5-3-4-6(18-5)7(14)8-15-9(17-16-8)10(11,12)13/h3-4,7H,2,14H2,1H3. The summed E-state index contributed by atoms with van der Waals surface area (Å²) in [4.78, 5) is 5.08. The number of halogens is 3.